The smallest absolute Gasteiger partial charge is 0.228 e. The molecule has 3 heterocycles. The summed E-state index contributed by atoms with van der Waals surface area (Å²) in [5.41, 5.74) is 0.758. The zero-order valence-electron chi connectivity index (χ0n) is 15.2. The third-order valence-corrected chi connectivity index (χ3v) is 6.17. The van der Waals surface area contributed by atoms with Gasteiger partial charge in [-0.3, -0.25) is 4.79 Å². The highest BCUT2D eigenvalue weighted by Gasteiger charge is 2.54. The first-order valence-electron chi connectivity index (χ1n) is 9.44. The number of hydrogen-bond donors (Lipinski definition) is 1. The Bertz CT molecular complexity index is 650. The molecule has 3 fully saturated rings. The maximum Gasteiger partial charge on any atom is 0.228 e. The molecule has 1 aromatic carbocycles. The number of carbonyl (C=O) groups is 1. The minimum Gasteiger partial charge on any atom is -0.495 e. The van der Waals surface area contributed by atoms with Gasteiger partial charge in [0.25, 0.3) is 0 Å². The molecule has 0 spiro atoms. The van der Waals surface area contributed by atoms with Crippen LogP contribution in [0, 0.1) is 5.41 Å². The SMILES string of the molecule is COc1ccccc1N1CCC[C@H](NC(=O)[C@]2(C)C[C@H]3CC[C@H]2O3)C1. The summed E-state index contributed by atoms with van der Waals surface area (Å²) in [5.74, 6) is 1.06. The number of benzene rings is 1. The number of nitrogens with one attached hydrogen (secondary N) is 1. The van der Waals surface area contributed by atoms with Crippen molar-refractivity contribution >= 4 is 11.6 Å². The molecule has 5 nitrogen and oxygen atoms in total. The summed E-state index contributed by atoms with van der Waals surface area (Å²) in [6.07, 6.45) is 5.49. The van der Waals surface area contributed by atoms with Gasteiger partial charge in [0, 0.05) is 19.1 Å². The topological polar surface area (TPSA) is 50.8 Å². The molecule has 3 saturated heterocycles. The van der Waals surface area contributed by atoms with Crippen LogP contribution in [-0.4, -0.2) is 44.4 Å². The van der Waals surface area contributed by atoms with E-state index >= 15 is 0 Å². The molecule has 1 aromatic rings. The van der Waals surface area contributed by atoms with Gasteiger partial charge in [0.15, 0.2) is 0 Å². The molecule has 3 aliphatic rings. The van der Waals surface area contributed by atoms with Gasteiger partial charge in [0.05, 0.1) is 30.4 Å². The van der Waals surface area contributed by atoms with E-state index in [1.807, 2.05) is 18.2 Å². The van der Waals surface area contributed by atoms with Crippen LogP contribution >= 0.6 is 0 Å². The van der Waals surface area contributed by atoms with Crippen LogP contribution in [0.5, 0.6) is 5.75 Å². The second-order valence-electron chi connectivity index (χ2n) is 7.88. The lowest BCUT2D eigenvalue weighted by molar-refractivity contribution is -0.133. The number of ether oxygens (including phenoxy) is 2. The fourth-order valence-electron chi connectivity index (χ4n) is 4.72. The van der Waals surface area contributed by atoms with Crippen LogP contribution in [0.4, 0.5) is 5.69 Å². The highest BCUT2D eigenvalue weighted by molar-refractivity contribution is 5.84. The van der Waals surface area contributed by atoms with Crippen molar-refractivity contribution in [2.24, 2.45) is 5.41 Å². The Morgan fingerprint density at radius 3 is 2.88 bits per heavy atom. The number of piperidine rings is 1. The molecule has 136 valence electrons. The number of para-hydroxylation sites is 2. The van der Waals surface area contributed by atoms with E-state index in [9.17, 15) is 4.79 Å². The fraction of sp³-hybridized carbons (Fsp3) is 0.650. The summed E-state index contributed by atoms with van der Waals surface area (Å²) in [6.45, 7) is 3.90. The van der Waals surface area contributed by atoms with E-state index in [4.69, 9.17) is 9.47 Å². The van der Waals surface area contributed by atoms with Crippen molar-refractivity contribution in [2.75, 3.05) is 25.1 Å². The second-order valence-corrected chi connectivity index (χ2v) is 7.88. The van der Waals surface area contributed by atoms with E-state index in [0.717, 1.165) is 56.6 Å². The predicted octanol–water partition coefficient (Wildman–Crippen LogP) is 2.74. The number of anilines is 1. The average Bonchev–Trinajstić information content (AvgIpc) is 3.23. The summed E-state index contributed by atoms with van der Waals surface area (Å²) < 4.78 is 11.4. The molecule has 5 heteroatoms. The maximum absolute atomic E-state index is 13.0. The standard InChI is InChI=1S/C20H28N2O3/c1-20(12-15-9-10-18(20)25-15)19(23)21-14-6-5-11-22(13-14)16-7-3-4-8-17(16)24-2/h3-4,7-8,14-15,18H,5-6,9-13H2,1-2H3,(H,21,23)/t14-,15+,18+,20+/m0/s1. The van der Waals surface area contributed by atoms with Crippen LogP contribution in [-0.2, 0) is 9.53 Å². The maximum atomic E-state index is 13.0. The lowest BCUT2D eigenvalue weighted by Gasteiger charge is -2.38. The van der Waals surface area contributed by atoms with E-state index in [2.05, 4.69) is 23.2 Å². The van der Waals surface area contributed by atoms with Gasteiger partial charge in [0.2, 0.25) is 5.91 Å². The molecular formula is C20H28N2O3. The van der Waals surface area contributed by atoms with Crippen LogP contribution in [0.3, 0.4) is 0 Å². The van der Waals surface area contributed by atoms with E-state index in [1.54, 1.807) is 7.11 Å². The number of hydrogen-bond acceptors (Lipinski definition) is 4. The van der Waals surface area contributed by atoms with Crippen molar-refractivity contribution in [3.8, 4) is 5.75 Å². The molecule has 4 atom stereocenters. The number of carbonyl (C=O) groups excluding carboxylic acids is 1. The highest BCUT2D eigenvalue weighted by Crippen LogP contribution is 2.47. The molecule has 3 aliphatic heterocycles. The molecule has 0 aliphatic carbocycles. The molecule has 0 unspecified atom stereocenters. The zero-order valence-corrected chi connectivity index (χ0v) is 15.2. The van der Waals surface area contributed by atoms with Gasteiger partial charge in [-0.1, -0.05) is 12.1 Å². The van der Waals surface area contributed by atoms with E-state index < -0.39 is 0 Å². The minimum atomic E-state index is -0.352. The normalized spacial score (nSPS) is 34.2. The molecule has 0 radical (unpaired) electrons. The van der Waals surface area contributed by atoms with Gasteiger partial charge in [-0.25, -0.2) is 0 Å². The Balaban J connectivity index is 1.42. The Labute approximate surface area is 149 Å². The fourth-order valence-corrected chi connectivity index (χ4v) is 4.72. The molecule has 4 rings (SSSR count). The largest absolute Gasteiger partial charge is 0.495 e. The van der Waals surface area contributed by atoms with Gasteiger partial charge in [0.1, 0.15) is 5.75 Å². The Kier molecular flexibility index (Phi) is 4.36. The average molecular weight is 344 g/mol. The van der Waals surface area contributed by atoms with Crippen molar-refractivity contribution in [3.63, 3.8) is 0 Å². The van der Waals surface area contributed by atoms with E-state index in [1.165, 1.54) is 0 Å². The first-order chi connectivity index (χ1) is 12.1. The lowest BCUT2D eigenvalue weighted by atomic mass is 9.74. The van der Waals surface area contributed by atoms with E-state index in [-0.39, 0.29) is 29.6 Å². The molecule has 2 bridgehead atoms. The molecule has 25 heavy (non-hydrogen) atoms. The van der Waals surface area contributed by atoms with Crippen LogP contribution in [0.25, 0.3) is 0 Å². The summed E-state index contributed by atoms with van der Waals surface area (Å²) in [4.78, 5) is 15.3. The van der Waals surface area contributed by atoms with Crippen LogP contribution in [0.1, 0.15) is 39.0 Å². The summed E-state index contributed by atoms with van der Waals surface area (Å²) in [5, 5.41) is 3.32. The molecule has 1 amide bonds. The quantitative estimate of drug-likeness (QED) is 0.912. The van der Waals surface area contributed by atoms with Crippen LogP contribution in [0.2, 0.25) is 0 Å². The predicted molar refractivity (Wildman–Crippen MR) is 97.0 cm³/mol. The van der Waals surface area contributed by atoms with Gasteiger partial charge in [-0.2, -0.15) is 0 Å². The number of methoxy groups -OCH3 is 1. The molecule has 1 N–H and O–H groups in total. The molecule has 0 saturated carbocycles. The van der Waals surface area contributed by atoms with Gasteiger partial charge < -0.3 is 19.7 Å². The van der Waals surface area contributed by atoms with Crippen LogP contribution < -0.4 is 15.0 Å². The van der Waals surface area contributed by atoms with Crippen molar-refractivity contribution in [3.05, 3.63) is 24.3 Å². The van der Waals surface area contributed by atoms with Crippen LogP contribution in [0.15, 0.2) is 24.3 Å². The van der Waals surface area contributed by atoms with Gasteiger partial charge in [-0.05, 0) is 51.2 Å². The Morgan fingerprint density at radius 1 is 1.32 bits per heavy atom. The number of nitrogens with zero attached hydrogens (tertiary/aromatic N) is 1. The molecular weight excluding hydrogens is 316 g/mol. The number of fused-ring (bicyclic) bond motifs is 2. The third kappa shape index (κ3) is 2.99. The summed E-state index contributed by atoms with van der Waals surface area (Å²) in [7, 11) is 1.71. The van der Waals surface area contributed by atoms with Crippen molar-refractivity contribution in [1.29, 1.82) is 0 Å². The second kappa shape index (κ2) is 6.52. The lowest BCUT2D eigenvalue weighted by Crippen LogP contribution is -2.53. The monoisotopic (exact) mass is 344 g/mol. The van der Waals surface area contributed by atoms with Crippen molar-refractivity contribution in [1.82, 2.24) is 5.32 Å². The molecule has 0 aromatic heterocycles. The highest BCUT2D eigenvalue weighted by atomic mass is 16.5. The number of rotatable bonds is 4. The van der Waals surface area contributed by atoms with E-state index in [0.29, 0.717) is 0 Å². The Morgan fingerprint density at radius 2 is 2.16 bits per heavy atom. The third-order valence-electron chi connectivity index (χ3n) is 6.17. The minimum absolute atomic E-state index is 0.103. The first-order valence-corrected chi connectivity index (χ1v) is 9.44. The summed E-state index contributed by atoms with van der Waals surface area (Å²) >= 11 is 0. The van der Waals surface area contributed by atoms with Crippen molar-refractivity contribution in [2.45, 2.75) is 57.3 Å². The first kappa shape index (κ1) is 16.7. The van der Waals surface area contributed by atoms with Crippen molar-refractivity contribution < 1.29 is 14.3 Å². The van der Waals surface area contributed by atoms with Gasteiger partial charge in [-0.15, -0.1) is 0 Å². The number of amides is 1. The zero-order chi connectivity index (χ0) is 17.4. The van der Waals surface area contributed by atoms with Gasteiger partial charge >= 0.3 is 0 Å². The Hall–Kier alpha value is -1.75. The summed E-state index contributed by atoms with van der Waals surface area (Å²) in [6, 6.07) is 8.29.